The second kappa shape index (κ2) is 5.16. The van der Waals surface area contributed by atoms with E-state index < -0.39 is 6.10 Å². The van der Waals surface area contributed by atoms with Crippen molar-refractivity contribution in [3.05, 3.63) is 35.0 Å². The molecule has 2 aromatic rings. The summed E-state index contributed by atoms with van der Waals surface area (Å²) in [6.45, 7) is 6.37. The van der Waals surface area contributed by atoms with Crippen LogP contribution in [0.2, 0.25) is 5.02 Å². The molecule has 0 aliphatic heterocycles. The topological polar surface area (TPSA) is 33.4 Å². The first kappa shape index (κ1) is 13.8. The Morgan fingerprint density at radius 2 is 2.11 bits per heavy atom. The molecule has 1 aromatic heterocycles. The summed E-state index contributed by atoms with van der Waals surface area (Å²) in [4.78, 5) is 0. The lowest BCUT2D eigenvalue weighted by atomic mass is 10.2. The number of furan rings is 1. The first-order valence-electron chi connectivity index (χ1n) is 5.87. The minimum Gasteiger partial charge on any atom is -0.457 e. The Balaban J connectivity index is 2.18. The Labute approximate surface area is 116 Å². The van der Waals surface area contributed by atoms with Crippen molar-refractivity contribution < 1.29 is 9.52 Å². The van der Waals surface area contributed by atoms with Crippen molar-refractivity contribution in [3.8, 4) is 0 Å². The maximum atomic E-state index is 10.1. The summed E-state index contributed by atoms with van der Waals surface area (Å²) in [5.74, 6) is 1.19. The quantitative estimate of drug-likeness (QED) is 0.890. The number of halogens is 1. The fourth-order valence-corrected chi connectivity index (χ4v) is 2.67. The summed E-state index contributed by atoms with van der Waals surface area (Å²) < 4.78 is 5.76. The van der Waals surface area contributed by atoms with Gasteiger partial charge in [-0.2, -0.15) is 11.8 Å². The zero-order valence-electron chi connectivity index (χ0n) is 10.7. The van der Waals surface area contributed by atoms with E-state index in [-0.39, 0.29) is 4.75 Å². The lowest BCUT2D eigenvalue weighted by Gasteiger charge is -2.19. The third-order valence-electron chi connectivity index (χ3n) is 2.52. The summed E-state index contributed by atoms with van der Waals surface area (Å²) >= 11 is 7.75. The van der Waals surface area contributed by atoms with Crippen molar-refractivity contribution in [1.29, 1.82) is 0 Å². The predicted octanol–water partition coefficient (Wildman–Crippen LogP) is 4.65. The molecule has 0 radical (unpaired) electrons. The molecule has 0 amide bonds. The lowest BCUT2D eigenvalue weighted by molar-refractivity contribution is 0.176. The standard InChI is InChI=1S/C14H17ClO2S/c1-14(2,3)18-8-11(16)12-7-9-5-4-6-10(15)13(9)17-12/h4-7,11,16H,8H2,1-3H3. The molecule has 0 bridgehead atoms. The van der Waals surface area contributed by atoms with Gasteiger partial charge in [0.1, 0.15) is 11.9 Å². The van der Waals surface area contributed by atoms with E-state index in [4.69, 9.17) is 16.0 Å². The number of hydrogen-bond donors (Lipinski definition) is 1. The molecule has 2 rings (SSSR count). The molecule has 1 unspecified atom stereocenters. The molecule has 0 aliphatic rings. The van der Waals surface area contributed by atoms with Crippen LogP contribution in [0.15, 0.2) is 28.7 Å². The number of thioether (sulfide) groups is 1. The van der Waals surface area contributed by atoms with E-state index in [9.17, 15) is 5.11 Å². The van der Waals surface area contributed by atoms with Crippen molar-refractivity contribution in [2.45, 2.75) is 31.6 Å². The second-order valence-corrected chi connectivity index (χ2v) is 7.50. The van der Waals surface area contributed by atoms with Gasteiger partial charge in [-0.1, -0.05) is 44.5 Å². The number of hydrogen-bond acceptors (Lipinski definition) is 3. The molecule has 0 saturated carbocycles. The van der Waals surface area contributed by atoms with Gasteiger partial charge in [-0.15, -0.1) is 0 Å². The van der Waals surface area contributed by atoms with Crippen LogP contribution in [0.5, 0.6) is 0 Å². The number of aliphatic hydroxyl groups excluding tert-OH is 1. The van der Waals surface area contributed by atoms with Crippen LogP contribution in [0, 0.1) is 0 Å². The molecular weight excluding hydrogens is 268 g/mol. The SMILES string of the molecule is CC(C)(C)SCC(O)c1cc2cccc(Cl)c2o1. The van der Waals surface area contributed by atoms with Crippen LogP contribution in [-0.2, 0) is 0 Å². The minimum absolute atomic E-state index is 0.130. The van der Waals surface area contributed by atoms with E-state index in [1.54, 1.807) is 17.8 Å². The van der Waals surface area contributed by atoms with Crippen LogP contribution in [0.4, 0.5) is 0 Å². The summed E-state index contributed by atoms with van der Waals surface area (Å²) in [6.07, 6.45) is -0.599. The average Bonchev–Trinajstić information content (AvgIpc) is 2.70. The van der Waals surface area contributed by atoms with E-state index in [1.807, 2.05) is 18.2 Å². The number of fused-ring (bicyclic) bond motifs is 1. The van der Waals surface area contributed by atoms with Gasteiger partial charge < -0.3 is 9.52 Å². The zero-order valence-corrected chi connectivity index (χ0v) is 12.3. The first-order valence-corrected chi connectivity index (χ1v) is 7.23. The minimum atomic E-state index is -0.599. The summed E-state index contributed by atoms with van der Waals surface area (Å²) in [6, 6.07) is 7.45. The maximum absolute atomic E-state index is 10.1. The van der Waals surface area contributed by atoms with E-state index >= 15 is 0 Å². The third-order valence-corrected chi connectivity index (χ3v) is 4.16. The Hall–Kier alpha value is -0.640. The van der Waals surface area contributed by atoms with Crippen molar-refractivity contribution in [2.75, 3.05) is 5.75 Å². The predicted molar refractivity (Wildman–Crippen MR) is 78.4 cm³/mol. The van der Waals surface area contributed by atoms with Crippen molar-refractivity contribution in [1.82, 2.24) is 0 Å². The summed E-state index contributed by atoms with van der Waals surface area (Å²) in [7, 11) is 0. The van der Waals surface area contributed by atoms with Crippen LogP contribution in [0.3, 0.4) is 0 Å². The molecule has 1 heterocycles. The molecule has 98 valence electrons. The maximum Gasteiger partial charge on any atom is 0.152 e. The van der Waals surface area contributed by atoms with Crippen LogP contribution < -0.4 is 0 Å². The smallest absolute Gasteiger partial charge is 0.152 e. The summed E-state index contributed by atoms with van der Waals surface area (Å²) in [5, 5.41) is 11.6. The highest BCUT2D eigenvalue weighted by Gasteiger charge is 2.18. The number of benzene rings is 1. The summed E-state index contributed by atoms with van der Waals surface area (Å²) in [5.41, 5.74) is 0.647. The third kappa shape index (κ3) is 3.22. The zero-order chi connectivity index (χ0) is 13.3. The van der Waals surface area contributed by atoms with Gasteiger partial charge in [-0.3, -0.25) is 0 Å². The van der Waals surface area contributed by atoms with E-state index in [0.717, 1.165) is 5.39 Å². The molecule has 0 aliphatic carbocycles. The Bertz CT molecular complexity index is 542. The van der Waals surface area contributed by atoms with Crippen LogP contribution >= 0.6 is 23.4 Å². The van der Waals surface area contributed by atoms with Gasteiger partial charge in [0, 0.05) is 15.9 Å². The number of para-hydroxylation sites is 1. The molecule has 2 nitrogen and oxygen atoms in total. The Morgan fingerprint density at radius 1 is 1.39 bits per heavy atom. The number of rotatable bonds is 3. The van der Waals surface area contributed by atoms with Gasteiger partial charge in [-0.25, -0.2) is 0 Å². The van der Waals surface area contributed by atoms with Gasteiger partial charge in [-0.05, 0) is 12.1 Å². The van der Waals surface area contributed by atoms with Gasteiger partial charge in [0.25, 0.3) is 0 Å². The highest BCUT2D eigenvalue weighted by molar-refractivity contribution is 8.00. The van der Waals surface area contributed by atoms with Crippen LogP contribution in [0.1, 0.15) is 32.6 Å². The fourth-order valence-electron chi connectivity index (χ4n) is 1.62. The lowest BCUT2D eigenvalue weighted by Crippen LogP contribution is -2.11. The van der Waals surface area contributed by atoms with E-state index in [1.165, 1.54) is 0 Å². The monoisotopic (exact) mass is 284 g/mol. The second-order valence-electron chi connectivity index (χ2n) is 5.25. The largest absolute Gasteiger partial charge is 0.457 e. The van der Waals surface area contributed by atoms with E-state index in [0.29, 0.717) is 22.1 Å². The van der Waals surface area contributed by atoms with Crippen molar-refractivity contribution in [2.24, 2.45) is 0 Å². The molecule has 4 heteroatoms. The average molecular weight is 285 g/mol. The highest BCUT2D eigenvalue weighted by atomic mass is 35.5. The fraction of sp³-hybridized carbons (Fsp3) is 0.429. The van der Waals surface area contributed by atoms with Gasteiger partial charge in [0.05, 0.1) is 5.02 Å². The van der Waals surface area contributed by atoms with Crippen molar-refractivity contribution >= 4 is 34.3 Å². The molecule has 1 aromatic carbocycles. The van der Waals surface area contributed by atoms with Gasteiger partial charge in [0.15, 0.2) is 5.58 Å². The van der Waals surface area contributed by atoms with Crippen LogP contribution in [0.25, 0.3) is 11.0 Å². The molecule has 1 atom stereocenters. The molecular formula is C14H17ClO2S. The molecule has 1 N–H and O–H groups in total. The Morgan fingerprint density at radius 3 is 2.72 bits per heavy atom. The molecule has 18 heavy (non-hydrogen) atoms. The van der Waals surface area contributed by atoms with Gasteiger partial charge >= 0.3 is 0 Å². The molecule has 0 spiro atoms. The molecule has 0 saturated heterocycles. The van der Waals surface area contributed by atoms with Crippen LogP contribution in [-0.4, -0.2) is 15.6 Å². The van der Waals surface area contributed by atoms with E-state index in [2.05, 4.69) is 20.8 Å². The number of aliphatic hydroxyl groups is 1. The van der Waals surface area contributed by atoms with Gasteiger partial charge in [0.2, 0.25) is 0 Å². The first-order chi connectivity index (χ1) is 8.37. The Kier molecular flexibility index (Phi) is 3.95. The molecule has 0 fully saturated rings. The normalized spacial score (nSPS) is 14.1. The van der Waals surface area contributed by atoms with Crippen molar-refractivity contribution in [3.63, 3.8) is 0 Å². The highest BCUT2D eigenvalue weighted by Crippen LogP contribution is 2.33.